The molecular formula is C21H23N5O6. The van der Waals surface area contributed by atoms with Gasteiger partial charge in [0.05, 0.1) is 29.9 Å². The van der Waals surface area contributed by atoms with Gasteiger partial charge in [-0.3, -0.25) is 28.9 Å². The van der Waals surface area contributed by atoms with Crippen molar-refractivity contribution in [3.63, 3.8) is 0 Å². The largest absolute Gasteiger partial charge is 0.383 e. The molecule has 11 nitrogen and oxygen atoms in total. The van der Waals surface area contributed by atoms with Crippen molar-refractivity contribution in [1.82, 2.24) is 20.4 Å². The van der Waals surface area contributed by atoms with E-state index in [0.717, 1.165) is 0 Å². The number of benzene rings is 1. The van der Waals surface area contributed by atoms with E-state index < -0.39 is 35.5 Å². The standard InChI is InChI=1S/C21H23N5O6/c1-32-9-8-25-19(30)12-4-2-3-5-15(12)26-16(27)6-7-21(25,26)20(31)24-10-13-14(11-24)23-18(29)17(28)22-13/h2-5,13-14H,6-11H2,1H3,(H,22,28)(H,23,29)/t13-,14+,21?. The van der Waals surface area contributed by atoms with Gasteiger partial charge < -0.3 is 25.2 Å². The number of hydrogen-bond donors (Lipinski definition) is 2. The maximum atomic E-state index is 14.1. The molecule has 0 aliphatic carbocycles. The predicted octanol–water partition coefficient (Wildman–Crippen LogP) is -1.56. The molecule has 4 aliphatic rings. The van der Waals surface area contributed by atoms with Gasteiger partial charge in [0.25, 0.3) is 11.8 Å². The third kappa shape index (κ3) is 2.73. The average Bonchev–Trinajstić information content (AvgIpc) is 3.35. The molecular weight excluding hydrogens is 418 g/mol. The van der Waals surface area contributed by atoms with Crippen LogP contribution in [0.4, 0.5) is 5.69 Å². The maximum absolute atomic E-state index is 14.1. The zero-order valence-corrected chi connectivity index (χ0v) is 17.5. The molecule has 1 unspecified atom stereocenters. The van der Waals surface area contributed by atoms with Crippen LogP contribution in [0.2, 0.25) is 0 Å². The lowest BCUT2D eigenvalue weighted by Gasteiger charge is -2.50. The Balaban J connectivity index is 1.56. The molecule has 1 aromatic carbocycles. The molecule has 3 fully saturated rings. The zero-order valence-electron chi connectivity index (χ0n) is 17.5. The summed E-state index contributed by atoms with van der Waals surface area (Å²) in [4.78, 5) is 68.5. The number of carbonyl (C=O) groups is 5. The van der Waals surface area contributed by atoms with E-state index in [0.29, 0.717) is 11.3 Å². The van der Waals surface area contributed by atoms with Gasteiger partial charge in [-0.05, 0) is 12.1 Å². The number of anilines is 1. The highest BCUT2D eigenvalue weighted by Gasteiger charge is 2.62. The van der Waals surface area contributed by atoms with E-state index in [4.69, 9.17) is 4.74 Å². The summed E-state index contributed by atoms with van der Waals surface area (Å²) in [5.41, 5.74) is -0.736. The molecule has 11 heteroatoms. The average molecular weight is 441 g/mol. The monoisotopic (exact) mass is 441 g/mol. The molecule has 5 amide bonds. The predicted molar refractivity (Wildman–Crippen MR) is 109 cm³/mol. The van der Waals surface area contributed by atoms with E-state index in [-0.39, 0.29) is 50.9 Å². The maximum Gasteiger partial charge on any atom is 0.309 e. The first-order chi connectivity index (χ1) is 15.4. The summed E-state index contributed by atoms with van der Waals surface area (Å²) >= 11 is 0. The van der Waals surface area contributed by atoms with E-state index in [1.807, 2.05) is 0 Å². The van der Waals surface area contributed by atoms with Crippen LogP contribution in [0.25, 0.3) is 0 Å². The first-order valence-electron chi connectivity index (χ1n) is 10.5. The Morgan fingerprint density at radius 2 is 1.75 bits per heavy atom. The number of amides is 5. The normalized spacial score (nSPS) is 28.8. The minimum absolute atomic E-state index is 0.116. The molecule has 0 saturated carbocycles. The van der Waals surface area contributed by atoms with E-state index in [2.05, 4.69) is 10.6 Å². The van der Waals surface area contributed by atoms with Gasteiger partial charge in [0, 0.05) is 39.6 Å². The number of methoxy groups -OCH3 is 1. The topological polar surface area (TPSA) is 128 Å². The number of likely N-dealkylation sites (tertiary alicyclic amines) is 1. The highest BCUT2D eigenvalue weighted by Crippen LogP contribution is 2.45. The molecule has 0 spiro atoms. The number of carbonyl (C=O) groups excluding carboxylic acids is 5. The van der Waals surface area contributed by atoms with Crippen LogP contribution in [0.3, 0.4) is 0 Å². The molecule has 32 heavy (non-hydrogen) atoms. The SMILES string of the molecule is COCCN1C(=O)c2ccccc2N2C(=O)CCC12C(=O)N1C[C@@H]2NC(=O)C(=O)N[C@@H]2C1. The smallest absolute Gasteiger partial charge is 0.309 e. The second-order valence-corrected chi connectivity index (χ2v) is 8.38. The summed E-state index contributed by atoms with van der Waals surface area (Å²) in [6, 6.07) is 5.92. The first-order valence-corrected chi connectivity index (χ1v) is 10.5. The number of piperazine rings is 1. The van der Waals surface area contributed by atoms with Gasteiger partial charge >= 0.3 is 11.8 Å². The molecule has 3 atom stereocenters. The van der Waals surface area contributed by atoms with Crippen LogP contribution in [-0.2, 0) is 23.9 Å². The Morgan fingerprint density at radius 1 is 1.09 bits per heavy atom. The lowest BCUT2D eigenvalue weighted by atomic mass is 9.95. The molecule has 4 heterocycles. The van der Waals surface area contributed by atoms with Crippen molar-refractivity contribution in [2.45, 2.75) is 30.6 Å². The molecule has 0 aromatic heterocycles. The number of hydrogen-bond acceptors (Lipinski definition) is 6. The molecule has 2 N–H and O–H groups in total. The van der Waals surface area contributed by atoms with Crippen LogP contribution in [0.5, 0.6) is 0 Å². The van der Waals surface area contributed by atoms with Crippen molar-refractivity contribution in [2.24, 2.45) is 0 Å². The van der Waals surface area contributed by atoms with Gasteiger partial charge in [0.15, 0.2) is 0 Å². The highest BCUT2D eigenvalue weighted by molar-refractivity contribution is 6.36. The lowest BCUT2D eigenvalue weighted by molar-refractivity contribution is -0.143. The minimum atomic E-state index is -1.51. The molecule has 5 rings (SSSR count). The number of para-hydroxylation sites is 1. The van der Waals surface area contributed by atoms with E-state index in [9.17, 15) is 24.0 Å². The van der Waals surface area contributed by atoms with E-state index >= 15 is 0 Å². The lowest BCUT2D eigenvalue weighted by Crippen LogP contribution is -2.71. The van der Waals surface area contributed by atoms with Gasteiger partial charge in [0.2, 0.25) is 11.6 Å². The Bertz CT molecular complexity index is 1020. The third-order valence-electron chi connectivity index (χ3n) is 6.68. The van der Waals surface area contributed by atoms with Crippen molar-refractivity contribution in [3.8, 4) is 0 Å². The van der Waals surface area contributed by atoms with Gasteiger partial charge in [-0.1, -0.05) is 12.1 Å². The number of rotatable bonds is 4. The quantitative estimate of drug-likeness (QED) is 0.544. The van der Waals surface area contributed by atoms with Crippen molar-refractivity contribution >= 4 is 35.2 Å². The van der Waals surface area contributed by atoms with Gasteiger partial charge in [-0.15, -0.1) is 0 Å². The first kappa shape index (κ1) is 20.4. The molecule has 0 radical (unpaired) electrons. The van der Waals surface area contributed by atoms with Crippen molar-refractivity contribution in [3.05, 3.63) is 29.8 Å². The minimum Gasteiger partial charge on any atom is -0.383 e. The fourth-order valence-electron chi connectivity index (χ4n) is 5.23. The summed E-state index contributed by atoms with van der Waals surface area (Å²) in [7, 11) is 1.50. The number of nitrogens with one attached hydrogen (secondary N) is 2. The Kier molecular flexibility index (Phi) is 4.66. The Labute approximate surface area is 183 Å². The third-order valence-corrected chi connectivity index (χ3v) is 6.68. The van der Waals surface area contributed by atoms with Crippen molar-refractivity contribution < 1.29 is 28.7 Å². The van der Waals surface area contributed by atoms with Crippen LogP contribution in [0.15, 0.2) is 24.3 Å². The molecule has 168 valence electrons. The molecule has 3 saturated heterocycles. The van der Waals surface area contributed by atoms with Crippen LogP contribution >= 0.6 is 0 Å². The Hall–Kier alpha value is -3.47. The summed E-state index contributed by atoms with van der Waals surface area (Å²) in [5.74, 6) is -2.45. The van der Waals surface area contributed by atoms with Crippen LogP contribution in [-0.4, -0.2) is 90.4 Å². The van der Waals surface area contributed by atoms with Crippen molar-refractivity contribution in [2.75, 3.05) is 38.3 Å². The molecule has 0 bridgehead atoms. The highest BCUT2D eigenvalue weighted by atomic mass is 16.5. The van der Waals surface area contributed by atoms with Crippen LogP contribution < -0.4 is 15.5 Å². The van der Waals surface area contributed by atoms with Crippen LogP contribution in [0.1, 0.15) is 23.2 Å². The second-order valence-electron chi connectivity index (χ2n) is 8.38. The number of fused-ring (bicyclic) bond motifs is 4. The van der Waals surface area contributed by atoms with E-state index in [1.54, 1.807) is 24.3 Å². The number of nitrogens with zero attached hydrogens (tertiary/aromatic N) is 3. The number of ether oxygens (including phenoxy) is 1. The fraction of sp³-hybridized carbons (Fsp3) is 0.476. The summed E-state index contributed by atoms with van der Waals surface area (Å²) in [6.45, 7) is 0.677. The van der Waals surface area contributed by atoms with Gasteiger partial charge in [0.1, 0.15) is 0 Å². The second kappa shape index (κ2) is 7.30. The summed E-state index contributed by atoms with van der Waals surface area (Å²) in [6.07, 6.45) is 0.268. The van der Waals surface area contributed by atoms with Gasteiger partial charge in [-0.2, -0.15) is 0 Å². The molecule has 4 aliphatic heterocycles. The van der Waals surface area contributed by atoms with Gasteiger partial charge in [-0.25, -0.2) is 0 Å². The Morgan fingerprint density at radius 3 is 2.41 bits per heavy atom. The molecule has 1 aromatic rings. The summed E-state index contributed by atoms with van der Waals surface area (Å²) in [5, 5.41) is 5.25. The van der Waals surface area contributed by atoms with Crippen molar-refractivity contribution in [1.29, 1.82) is 0 Å². The zero-order chi connectivity index (χ0) is 22.6. The summed E-state index contributed by atoms with van der Waals surface area (Å²) < 4.78 is 5.19. The fourth-order valence-corrected chi connectivity index (χ4v) is 5.23. The van der Waals surface area contributed by atoms with Crippen LogP contribution in [0, 0.1) is 0 Å². The van der Waals surface area contributed by atoms with E-state index in [1.165, 1.54) is 21.8 Å².